The molecular formula is C21H25FN4O3S. The standard InChI is InChI=1S/C21H25FN4O3S/c22-16-1-3-17(4-2-16)24-9-11-26(12-10-24)20-23-18(15-30-20)19(27)25-7-5-21(6-8-25)28-13-14-29-21/h1-4,15H,5-14H2. The molecule has 3 fully saturated rings. The Morgan fingerprint density at radius 1 is 0.967 bits per heavy atom. The summed E-state index contributed by atoms with van der Waals surface area (Å²) in [6, 6.07) is 6.62. The summed E-state index contributed by atoms with van der Waals surface area (Å²) >= 11 is 1.52. The lowest BCUT2D eigenvalue weighted by Crippen LogP contribution is -2.47. The Hall–Kier alpha value is -2.23. The first-order valence-electron chi connectivity index (χ1n) is 10.4. The highest BCUT2D eigenvalue weighted by Crippen LogP contribution is 2.32. The molecule has 3 saturated heterocycles. The van der Waals surface area contributed by atoms with E-state index in [-0.39, 0.29) is 11.7 Å². The summed E-state index contributed by atoms with van der Waals surface area (Å²) in [5.74, 6) is -0.714. The molecule has 0 atom stereocenters. The van der Waals surface area contributed by atoms with Crippen LogP contribution in [0.3, 0.4) is 0 Å². The van der Waals surface area contributed by atoms with Crippen LogP contribution in [0.2, 0.25) is 0 Å². The van der Waals surface area contributed by atoms with E-state index in [1.807, 2.05) is 22.4 Å². The topological polar surface area (TPSA) is 58.1 Å². The molecule has 7 nitrogen and oxygen atoms in total. The van der Waals surface area contributed by atoms with Gasteiger partial charge in [0, 0.05) is 63.2 Å². The molecular weight excluding hydrogens is 407 g/mol. The van der Waals surface area contributed by atoms with Gasteiger partial charge < -0.3 is 24.2 Å². The summed E-state index contributed by atoms with van der Waals surface area (Å²) in [5.41, 5.74) is 1.55. The summed E-state index contributed by atoms with van der Waals surface area (Å²) in [5, 5.41) is 2.74. The molecule has 0 aliphatic carbocycles. The number of halogens is 1. The van der Waals surface area contributed by atoms with E-state index in [1.54, 1.807) is 0 Å². The van der Waals surface area contributed by atoms with Crippen LogP contribution in [0.5, 0.6) is 0 Å². The molecule has 1 aromatic heterocycles. The van der Waals surface area contributed by atoms with Crippen LogP contribution in [0.4, 0.5) is 15.2 Å². The Bertz CT molecular complexity index is 882. The van der Waals surface area contributed by atoms with Gasteiger partial charge in [-0.05, 0) is 24.3 Å². The number of amides is 1. The van der Waals surface area contributed by atoms with Crippen LogP contribution < -0.4 is 9.80 Å². The van der Waals surface area contributed by atoms with Gasteiger partial charge in [0.15, 0.2) is 10.9 Å². The highest BCUT2D eigenvalue weighted by molar-refractivity contribution is 7.13. The van der Waals surface area contributed by atoms with Gasteiger partial charge in [-0.2, -0.15) is 0 Å². The van der Waals surface area contributed by atoms with E-state index in [2.05, 4.69) is 14.8 Å². The van der Waals surface area contributed by atoms with Crippen molar-refractivity contribution >= 4 is 28.1 Å². The molecule has 160 valence electrons. The predicted molar refractivity (Wildman–Crippen MR) is 113 cm³/mol. The molecule has 0 N–H and O–H groups in total. The molecule has 0 bridgehead atoms. The number of nitrogens with zero attached hydrogens (tertiary/aromatic N) is 4. The van der Waals surface area contributed by atoms with Gasteiger partial charge in [-0.25, -0.2) is 9.37 Å². The number of anilines is 2. The number of piperazine rings is 1. The molecule has 4 heterocycles. The van der Waals surface area contributed by atoms with E-state index in [0.717, 1.165) is 37.0 Å². The summed E-state index contributed by atoms with van der Waals surface area (Å²) in [6.07, 6.45) is 1.42. The molecule has 0 unspecified atom stereocenters. The van der Waals surface area contributed by atoms with Crippen molar-refractivity contribution in [1.82, 2.24) is 9.88 Å². The predicted octanol–water partition coefficient (Wildman–Crippen LogP) is 2.59. The van der Waals surface area contributed by atoms with Crippen molar-refractivity contribution in [3.63, 3.8) is 0 Å². The van der Waals surface area contributed by atoms with Crippen molar-refractivity contribution in [1.29, 1.82) is 0 Å². The largest absolute Gasteiger partial charge is 0.368 e. The summed E-state index contributed by atoms with van der Waals surface area (Å²) in [6.45, 7) is 5.84. The summed E-state index contributed by atoms with van der Waals surface area (Å²) in [4.78, 5) is 23.8. The molecule has 1 amide bonds. The third kappa shape index (κ3) is 3.89. The summed E-state index contributed by atoms with van der Waals surface area (Å²) < 4.78 is 24.6. The monoisotopic (exact) mass is 432 g/mol. The van der Waals surface area contributed by atoms with Crippen molar-refractivity contribution in [3.8, 4) is 0 Å². The molecule has 0 radical (unpaired) electrons. The maximum Gasteiger partial charge on any atom is 0.273 e. The first-order chi connectivity index (χ1) is 14.6. The minimum atomic E-state index is -0.478. The van der Waals surface area contributed by atoms with Crippen LogP contribution in [0.1, 0.15) is 23.3 Å². The number of rotatable bonds is 3. The fraction of sp³-hybridized carbons (Fsp3) is 0.524. The lowest BCUT2D eigenvalue weighted by atomic mass is 10.0. The highest BCUT2D eigenvalue weighted by atomic mass is 32.1. The van der Waals surface area contributed by atoms with Gasteiger partial charge in [0.25, 0.3) is 5.91 Å². The maximum atomic E-state index is 13.1. The number of hydrogen-bond donors (Lipinski definition) is 0. The van der Waals surface area contributed by atoms with Gasteiger partial charge in [-0.15, -0.1) is 11.3 Å². The normalized spacial score (nSPS) is 21.4. The van der Waals surface area contributed by atoms with Gasteiger partial charge >= 0.3 is 0 Å². The van der Waals surface area contributed by atoms with E-state index >= 15 is 0 Å². The van der Waals surface area contributed by atoms with Gasteiger partial charge in [-0.1, -0.05) is 0 Å². The fourth-order valence-corrected chi connectivity index (χ4v) is 5.17. The zero-order valence-electron chi connectivity index (χ0n) is 16.8. The Labute approximate surface area is 179 Å². The minimum Gasteiger partial charge on any atom is -0.368 e. The number of thiazole rings is 1. The van der Waals surface area contributed by atoms with Crippen molar-refractivity contribution in [2.24, 2.45) is 0 Å². The van der Waals surface area contributed by atoms with Crippen molar-refractivity contribution in [3.05, 3.63) is 41.2 Å². The van der Waals surface area contributed by atoms with E-state index < -0.39 is 5.79 Å². The van der Waals surface area contributed by atoms with Crippen LogP contribution in [0, 0.1) is 5.82 Å². The lowest BCUT2D eigenvalue weighted by molar-refractivity contribution is -0.181. The first-order valence-corrected chi connectivity index (χ1v) is 11.3. The number of benzene rings is 1. The van der Waals surface area contributed by atoms with Gasteiger partial charge in [-0.3, -0.25) is 4.79 Å². The van der Waals surface area contributed by atoms with Crippen LogP contribution in [-0.2, 0) is 9.47 Å². The van der Waals surface area contributed by atoms with E-state index in [0.29, 0.717) is 44.8 Å². The van der Waals surface area contributed by atoms with Crippen LogP contribution >= 0.6 is 11.3 Å². The first kappa shape index (κ1) is 19.7. The number of ether oxygens (including phenoxy) is 2. The average Bonchev–Trinajstić information content (AvgIpc) is 3.45. The Morgan fingerprint density at radius 2 is 1.60 bits per heavy atom. The lowest BCUT2D eigenvalue weighted by Gasteiger charge is -2.37. The number of hydrogen-bond acceptors (Lipinski definition) is 7. The second-order valence-electron chi connectivity index (χ2n) is 7.87. The molecule has 3 aliphatic heterocycles. The Morgan fingerprint density at radius 3 is 2.27 bits per heavy atom. The Kier molecular flexibility index (Phi) is 5.34. The van der Waals surface area contributed by atoms with Gasteiger partial charge in [0.2, 0.25) is 0 Å². The van der Waals surface area contributed by atoms with Crippen molar-refractivity contribution in [2.45, 2.75) is 18.6 Å². The third-order valence-corrected chi connectivity index (χ3v) is 6.98. The van der Waals surface area contributed by atoms with Gasteiger partial charge in [0.1, 0.15) is 11.5 Å². The quantitative estimate of drug-likeness (QED) is 0.743. The second kappa shape index (κ2) is 8.13. The smallest absolute Gasteiger partial charge is 0.273 e. The molecule has 1 aromatic carbocycles. The van der Waals surface area contributed by atoms with E-state index in [4.69, 9.17) is 9.47 Å². The number of carbonyl (C=O) groups excluding carboxylic acids is 1. The molecule has 0 saturated carbocycles. The molecule has 3 aliphatic rings. The maximum absolute atomic E-state index is 13.1. The third-order valence-electron chi connectivity index (χ3n) is 6.08. The minimum absolute atomic E-state index is 0.0182. The number of likely N-dealkylation sites (tertiary alicyclic amines) is 1. The molecule has 30 heavy (non-hydrogen) atoms. The van der Waals surface area contributed by atoms with E-state index in [9.17, 15) is 9.18 Å². The second-order valence-corrected chi connectivity index (χ2v) is 8.70. The average molecular weight is 433 g/mol. The zero-order chi connectivity index (χ0) is 20.6. The van der Waals surface area contributed by atoms with E-state index in [1.165, 1.54) is 23.5 Å². The summed E-state index contributed by atoms with van der Waals surface area (Å²) in [7, 11) is 0. The zero-order valence-corrected chi connectivity index (χ0v) is 17.6. The highest BCUT2D eigenvalue weighted by Gasteiger charge is 2.41. The molecule has 1 spiro atoms. The SMILES string of the molecule is O=C(c1csc(N2CCN(c3ccc(F)cc3)CC2)n1)N1CCC2(CC1)OCCO2. The molecule has 5 rings (SSSR count). The molecule has 9 heteroatoms. The molecule has 2 aromatic rings. The van der Waals surface area contributed by atoms with Gasteiger partial charge in [0.05, 0.1) is 13.2 Å². The van der Waals surface area contributed by atoms with Crippen LogP contribution in [0.15, 0.2) is 29.6 Å². The Balaban J connectivity index is 1.17. The fourth-order valence-electron chi connectivity index (χ4n) is 4.31. The number of aromatic nitrogens is 1. The van der Waals surface area contributed by atoms with Crippen molar-refractivity contribution in [2.75, 3.05) is 62.3 Å². The number of carbonyl (C=O) groups is 1. The number of piperidine rings is 1. The van der Waals surface area contributed by atoms with Crippen molar-refractivity contribution < 1.29 is 18.7 Å². The van der Waals surface area contributed by atoms with Crippen LogP contribution in [0.25, 0.3) is 0 Å². The van der Waals surface area contributed by atoms with Crippen LogP contribution in [-0.4, -0.2) is 74.1 Å².